The van der Waals surface area contributed by atoms with Gasteiger partial charge in [0.25, 0.3) is 0 Å². The molecular weight excluding hydrogens is 320 g/mol. The number of carbonyl (C=O) groups is 1. The Morgan fingerprint density at radius 3 is 2.92 bits per heavy atom. The van der Waals surface area contributed by atoms with E-state index in [1.54, 1.807) is 4.68 Å². The third-order valence-corrected chi connectivity index (χ3v) is 4.48. The van der Waals surface area contributed by atoms with Crippen LogP contribution in [0, 0.1) is 5.92 Å². The van der Waals surface area contributed by atoms with Gasteiger partial charge in [0.2, 0.25) is 0 Å². The van der Waals surface area contributed by atoms with E-state index in [1.807, 2.05) is 30.5 Å². The van der Waals surface area contributed by atoms with Crippen LogP contribution >= 0.6 is 0 Å². The van der Waals surface area contributed by atoms with Crippen molar-refractivity contribution in [3.05, 3.63) is 42.4 Å². The number of carboxylic acid groups (broad SMARTS) is 1. The highest BCUT2D eigenvalue weighted by molar-refractivity contribution is 5.84. The highest BCUT2D eigenvalue weighted by Gasteiger charge is 2.22. The standard InChI is InChI=1S/C17H18N6O2/c24-17(25)15-11-23(21-20-15)10-12-4-3-7-22(9-12)16-8-18-13-5-1-2-6-14(13)19-16/h1-2,5-6,8,11-12H,3-4,7,9-10H2,(H,24,25). The minimum absolute atomic E-state index is 0.0203. The summed E-state index contributed by atoms with van der Waals surface area (Å²) in [6.45, 7) is 2.44. The number of carboxylic acids is 1. The number of fused-ring (bicyclic) bond motifs is 1. The number of aromatic nitrogens is 5. The third kappa shape index (κ3) is 3.28. The molecule has 1 aliphatic heterocycles. The predicted octanol–water partition coefficient (Wildman–Crippen LogP) is 1.84. The lowest BCUT2D eigenvalue weighted by atomic mass is 9.98. The molecule has 25 heavy (non-hydrogen) atoms. The van der Waals surface area contributed by atoms with Crippen LogP contribution in [0.2, 0.25) is 0 Å². The van der Waals surface area contributed by atoms with Crippen LogP contribution in [0.15, 0.2) is 36.7 Å². The number of benzene rings is 1. The second-order valence-electron chi connectivity index (χ2n) is 6.30. The second-order valence-corrected chi connectivity index (χ2v) is 6.30. The molecule has 0 amide bonds. The maximum Gasteiger partial charge on any atom is 0.358 e. The summed E-state index contributed by atoms with van der Waals surface area (Å²) in [7, 11) is 0. The topological polar surface area (TPSA) is 97.0 Å². The fraction of sp³-hybridized carbons (Fsp3) is 0.353. The van der Waals surface area contributed by atoms with Gasteiger partial charge >= 0.3 is 5.97 Å². The van der Waals surface area contributed by atoms with Crippen LogP contribution in [-0.2, 0) is 6.54 Å². The Morgan fingerprint density at radius 1 is 1.28 bits per heavy atom. The van der Waals surface area contributed by atoms with Gasteiger partial charge in [-0.15, -0.1) is 5.10 Å². The molecule has 3 aromatic rings. The van der Waals surface area contributed by atoms with E-state index in [1.165, 1.54) is 6.20 Å². The summed E-state index contributed by atoms with van der Waals surface area (Å²) in [6, 6.07) is 7.84. The molecule has 1 fully saturated rings. The van der Waals surface area contributed by atoms with E-state index in [4.69, 9.17) is 10.1 Å². The molecule has 4 rings (SSSR count). The average Bonchev–Trinajstić information content (AvgIpc) is 3.10. The van der Waals surface area contributed by atoms with Crippen molar-refractivity contribution in [1.82, 2.24) is 25.0 Å². The zero-order valence-corrected chi connectivity index (χ0v) is 13.6. The molecule has 0 saturated carbocycles. The van der Waals surface area contributed by atoms with Crippen LogP contribution in [0.1, 0.15) is 23.3 Å². The first kappa shape index (κ1) is 15.5. The molecule has 1 aromatic carbocycles. The van der Waals surface area contributed by atoms with Crippen LogP contribution in [0.4, 0.5) is 5.82 Å². The van der Waals surface area contributed by atoms with E-state index in [2.05, 4.69) is 20.2 Å². The molecule has 8 nitrogen and oxygen atoms in total. The fourth-order valence-corrected chi connectivity index (χ4v) is 3.27. The Kier molecular flexibility index (Phi) is 4.01. The van der Waals surface area contributed by atoms with Gasteiger partial charge in [-0.05, 0) is 30.9 Å². The first-order valence-corrected chi connectivity index (χ1v) is 8.29. The van der Waals surface area contributed by atoms with Gasteiger partial charge in [0.1, 0.15) is 5.82 Å². The summed E-state index contributed by atoms with van der Waals surface area (Å²) in [4.78, 5) is 22.4. The minimum Gasteiger partial charge on any atom is -0.476 e. The molecule has 1 aliphatic rings. The van der Waals surface area contributed by atoms with Crippen molar-refractivity contribution in [3.8, 4) is 0 Å². The molecule has 1 saturated heterocycles. The molecule has 1 atom stereocenters. The Bertz CT molecular complexity index is 909. The molecule has 8 heteroatoms. The lowest BCUT2D eigenvalue weighted by Crippen LogP contribution is -2.37. The maximum absolute atomic E-state index is 10.9. The smallest absolute Gasteiger partial charge is 0.358 e. The van der Waals surface area contributed by atoms with Crippen LogP contribution in [0.3, 0.4) is 0 Å². The molecule has 0 spiro atoms. The lowest BCUT2D eigenvalue weighted by Gasteiger charge is -2.33. The van der Waals surface area contributed by atoms with Crippen molar-refractivity contribution >= 4 is 22.8 Å². The quantitative estimate of drug-likeness (QED) is 0.775. The predicted molar refractivity (Wildman–Crippen MR) is 91.5 cm³/mol. The summed E-state index contributed by atoms with van der Waals surface area (Å²) in [5.74, 6) is 0.196. The number of hydrogen-bond acceptors (Lipinski definition) is 6. The number of hydrogen-bond donors (Lipinski definition) is 1. The van der Waals surface area contributed by atoms with Crippen LogP contribution < -0.4 is 4.90 Å². The third-order valence-electron chi connectivity index (χ3n) is 4.48. The molecule has 3 heterocycles. The van der Waals surface area contributed by atoms with E-state index in [0.29, 0.717) is 12.5 Å². The Hall–Kier alpha value is -3.03. The van der Waals surface area contributed by atoms with Crippen LogP contribution in [0.25, 0.3) is 11.0 Å². The number of para-hydroxylation sites is 2. The highest BCUT2D eigenvalue weighted by atomic mass is 16.4. The molecule has 1 N–H and O–H groups in total. The van der Waals surface area contributed by atoms with Crippen LogP contribution in [0.5, 0.6) is 0 Å². The molecule has 1 unspecified atom stereocenters. The van der Waals surface area contributed by atoms with E-state index < -0.39 is 5.97 Å². The van der Waals surface area contributed by atoms with E-state index in [0.717, 1.165) is 42.8 Å². The van der Waals surface area contributed by atoms with E-state index >= 15 is 0 Å². The molecule has 2 aromatic heterocycles. The zero-order chi connectivity index (χ0) is 17.2. The molecular formula is C17H18N6O2. The van der Waals surface area contributed by atoms with Crippen molar-refractivity contribution in [3.63, 3.8) is 0 Å². The van der Waals surface area contributed by atoms with Gasteiger partial charge in [0.05, 0.1) is 23.4 Å². The first-order valence-electron chi connectivity index (χ1n) is 8.29. The van der Waals surface area contributed by atoms with Gasteiger partial charge in [-0.2, -0.15) is 0 Å². The van der Waals surface area contributed by atoms with Crippen molar-refractivity contribution in [2.75, 3.05) is 18.0 Å². The van der Waals surface area contributed by atoms with Gasteiger partial charge in [0, 0.05) is 19.6 Å². The van der Waals surface area contributed by atoms with Gasteiger partial charge in [-0.3, -0.25) is 9.67 Å². The normalized spacial score (nSPS) is 17.8. The van der Waals surface area contributed by atoms with Crippen LogP contribution in [-0.4, -0.2) is 49.1 Å². The van der Waals surface area contributed by atoms with Gasteiger partial charge in [-0.1, -0.05) is 17.3 Å². The summed E-state index contributed by atoms with van der Waals surface area (Å²) >= 11 is 0. The Balaban J connectivity index is 1.48. The van der Waals surface area contributed by atoms with Crippen molar-refractivity contribution in [1.29, 1.82) is 0 Å². The molecule has 128 valence electrons. The number of aromatic carboxylic acids is 1. The highest BCUT2D eigenvalue weighted by Crippen LogP contribution is 2.23. The molecule has 0 aliphatic carbocycles. The first-order chi connectivity index (χ1) is 12.2. The summed E-state index contributed by atoms with van der Waals surface area (Å²) < 4.78 is 1.61. The van der Waals surface area contributed by atoms with Gasteiger partial charge < -0.3 is 10.0 Å². The SMILES string of the molecule is O=C(O)c1cn(CC2CCCN(c3cnc4ccccc4n3)C2)nn1. The summed E-state index contributed by atoms with van der Waals surface area (Å²) in [6.07, 6.45) is 5.43. The maximum atomic E-state index is 10.9. The number of rotatable bonds is 4. The lowest BCUT2D eigenvalue weighted by molar-refractivity contribution is 0.0690. The second kappa shape index (κ2) is 6.46. The zero-order valence-electron chi connectivity index (χ0n) is 13.6. The minimum atomic E-state index is -1.05. The monoisotopic (exact) mass is 338 g/mol. The Labute approximate surface area is 144 Å². The fourth-order valence-electron chi connectivity index (χ4n) is 3.27. The van der Waals surface area contributed by atoms with Crippen molar-refractivity contribution in [2.45, 2.75) is 19.4 Å². The van der Waals surface area contributed by atoms with Gasteiger partial charge in [0.15, 0.2) is 5.69 Å². The largest absolute Gasteiger partial charge is 0.476 e. The van der Waals surface area contributed by atoms with Crippen molar-refractivity contribution < 1.29 is 9.90 Å². The number of nitrogens with zero attached hydrogens (tertiary/aromatic N) is 6. The number of anilines is 1. The Morgan fingerprint density at radius 2 is 2.12 bits per heavy atom. The number of piperidine rings is 1. The molecule has 0 radical (unpaired) electrons. The average molecular weight is 338 g/mol. The van der Waals surface area contributed by atoms with Gasteiger partial charge in [-0.25, -0.2) is 9.78 Å². The summed E-state index contributed by atoms with van der Waals surface area (Å²) in [5.41, 5.74) is 1.76. The van der Waals surface area contributed by atoms with E-state index in [9.17, 15) is 4.79 Å². The molecule has 0 bridgehead atoms. The van der Waals surface area contributed by atoms with Crippen molar-refractivity contribution in [2.24, 2.45) is 5.92 Å². The van der Waals surface area contributed by atoms with E-state index in [-0.39, 0.29) is 5.69 Å². The summed E-state index contributed by atoms with van der Waals surface area (Å²) in [5, 5.41) is 16.5.